The number of fused-ring (bicyclic) bond motifs is 1. The Balaban J connectivity index is 2.36. The van der Waals surface area contributed by atoms with Crippen LogP contribution in [-0.2, 0) is 6.42 Å². The third kappa shape index (κ3) is 3.61. The van der Waals surface area contributed by atoms with Gasteiger partial charge in [-0.05, 0) is 30.5 Å². The lowest BCUT2D eigenvalue weighted by Crippen LogP contribution is -2.19. The number of hydrogen-bond acceptors (Lipinski definition) is 4. The molecule has 0 radical (unpaired) electrons. The van der Waals surface area contributed by atoms with Gasteiger partial charge in [-0.3, -0.25) is 5.41 Å². The van der Waals surface area contributed by atoms with Gasteiger partial charge in [0.05, 0.1) is 5.56 Å². The quantitative estimate of drug-likeness (QED) is 0.564. The molecule has 5 heteroatoms. The van der Waals surface area contributed by atoms with E-state index in [1.165, 1.54) is 12.8 Å². The lowest BCUT2D eigenvalue weighted by atomic mass is 10.0. The molecular weight excluding hydrogens is 284 g/mol. The molecule has 0 saturated carbocycles. The van der Waals surface area contributed by atoms with Gasteiger partial charge in [0, 0.05) is 11.5 Å². The zero-order valence-electron chi connectivity index (χ0n) is 12.1. The largest absolute Gasteiger partial charge is 0.508 e. The van der Waals surface area contributed by atoms with Gasteiger partial charge in [0.15, 0.2) is 0 Å². The number of aromatic hydroxyl groups is 1. The number of rotatable bonds is 6. The normalized spacial score (nSPS) is 10.9. The first-order chi connectivity index (χ1) is 10.0. The summed E-state index contributed by atoms with van der Waals surface area (Å²) in [5.74, 6) is 0.213. The Morgan fingerprint density at radius 2 is 2.05 bits per heavy atom. The zero-order chi connectivity index (χ0) is 15.4. The molecular formula is C16H20N2O2S. The van der Waals surface area contributed by atoms with E-state index in [-0.39, 0.29) is 16.3 Å². The molecule has 4 N–H and O–H groups in total. The fourth-order valence-electron chi connectivity index (χ4n) is 2.35. The first-order valence-electron chi connectivity index (χ1n) is 7.17. The Bertz CT molecular complexity index is 722. The second-order valence-electron chi connectivity index (χ2n) is 5.18. The molecule has 0 aliphatic carbocycles. The average molecular weight is 304 g/mol. The van der Waals surface area contributed by atoms with Gasteiger partial charge in [-0.1, -0.05) is 38.4 Å². The van der Waals surface area contributed by atoms with Crippen molar-refractivity contribution in [2.45, 2.75) is 39.0 Å². The van der Waals surface area contributed by atoms with Gasteiger partial charge in [-0.2, -0.15) is 0 Å². The van der Waals surface area contributed by atoms with E-state index >= 15 is 0 Å². The topological polar surface area (TPSA) is 83.2 Å². The Kier molecular flexibility index (Phi) is 4.96. The van der Waals surface area contributed by atoms with Gasteiger partial charge < -0.3 is 15.3 Å². The first kappa shape index (κ1) is 15.5. The SMILES string of the molecule is CCCCCCc1cc2cc(C(N)=S)c(=N)oc2cc1O. The Morgan fingerprint density at radius 3 is 2.71 bits per heavy atom. The van der Waals surface area contributed by atoms with E-state index in [2.05, 4.69) is 6.92 Å². The molecule has 0 aliphatic rings. The van der Waals surface area contributed by atoms with Gasteiger partial charge in [0.1, 0.15) is 16.3 Å². The summed E-state index contributed by atoms with van der Waals surface area (Å²) in [7, 11) is 0. The summed E-state index contributed by atoms with van der Waals surface area (Å²) in [6, 6.07) is 5.20. The summed E-state index contributed by atoms with van der Waals surface area (Å²) >= 11 is 4.92. The van der Waals surface area contributed by atoms with E-state index in [0.717, 1.165) is 30.2 Å². The van der Waals surface area contributed by atoms with Gasteiger partial charge in [-0.15, -0.1) is 0 Å². The number of aryl methyl sites for hydroxylation is 1. The Morgan fingerprint density at radius 1 is 1.29 bits per heavy atom. The van der Waals surface area contributed by atoms with Crippen LogP contribution in [0.2, 0.25) is 0 Å². The lowest BCUT2D eigenvalue weighted by molar-refractivity contribution is 0.463. The molecule has 0 fully saturated rings. The number of hydrogen-bond donors (Lipinski definition) is 3. The van der Waals surface area contributed by atoms with Crippen molar-refractivity contribution < 1.29 is 9.52 Å². The third-order valence-electron chi connectivity index (χ3n) is 3.53. The highest BCUT2D eigenvalue weighted by Gasteiger charge is 2.09. The van der Waals surface area contributed by atoms with Crippen LogP contribution in [0.25, 0.3) is 11.0 Å². The monoisotopic (exact) mass is 304 g/mol. The molecule has 0 unspecified atom stereocenters. The highest BCUT2D eigenvalue weighted by atomic mass is 32.1. The Hall–Kier alpha value is -1.88. The average Bonchev–Trinajstić information content (AvgIpc) is 2.43. The van der Waals surface area contributed by atoms with Crippen molar-refractivity contribution in [3.8, 4) is 5.75 Å². The van der Waals surface area contributed by atoms with Crippen LogP contribution in [0, 0.1) is 5.41 Å². The van der Waals surface area contributed by atoms with Crippen molar-refractivity contribution >= 4 is 28.2 Å². The molecule has 2 rings (SSSR count). The molecule has 0 spiro atoms. The minimum absolute atomic E-state index is 0.0786. The molecule has 21 heavy (non-hydrogen) atoms. The molecule has 2 aromatic rings. The molecule has 1 heterocycles. The highest BCUT2D eigenvalue weighted by Crippen LogP contribution is 2.26. The standard InChI is InChI=1S/C16H20N2O2S/c1-2-3-4-5-6-10-7-11-8-12(16(18)21)15(17)20-14(11)9-13(10)19/h7-9,17,19H,2-6H2,1H3,(H2,18,21). The number of nitrogens with one attached hydrogen (secondary N) is 1. The minimum atomic E-state index is -0.0786. The van der Waals surface area contributed by atoms with Crippen LogP contribution in [0.15, 0.2) is 22.6 Å². The van der Waals surface area contributed by atoms with Crippen molar-refractivity contribution in [2.75, 3.05) is 0 Å². The minimum Gasteiger partial charge on any atom is -0.508 e. The Labute approximate surface area is 129 Å². The fourth-order valence-corrected chi connectivity index (χ4v) is 2.50. The maximum absolute atomic E-state index is 10.1. The van der Waals surface area contributed by atoms with E-state index in [1.54, 1.807) is 12.1 Å². The van der Waals surface area contributed by atoms with E-state index in [0.29, 0.717) is 11.1 Å². The van der Waals surface area contributed by atoms with Gasteiger partial charge in [0.25, 0.3) is 0 Å². The molecule has 0 saturated heterocycles. The molecule has 112 valence electrons. The number of nitrogens with two attached hydrogens (primary N) is 1. The maximum atomic E-state index is 10.1. The summed E-state index contributed by atoms with van der Waals surface area (Å²) in [6.45, 7) is 2.17. The van der Waals surface area contributed by atoms with Crippen LogP contribution in [0.5, 0.6) is 5.75 Å². The summed E-state index contributed by atoms with van der Waals surface area (Å²) in [4.78, 5) is 0.142. The van der Waals surface area contributed by atoms with Gasteiger partial charge in [-0.25, -0.2) is 0 Å². The smallest absolute Gasteiger partial charge is 0.222 e. The van der Waals surface area contributed by atoms with E-state index in [1.807, 2.05) is 6.07 Å². The maximum Gasteiger partial charge on any atom is 0.222 e. The van der Waals surface area contributed by atoms with Crippen LogP contribution in [0.4, 0.5) is 0 Å². The second-order valence-corrected chi connectivity index (χ2v) is 5.62. The molecule has 0 amide bonds. The van der Waals surface area contributed by atoms with Crippen molar-refractivity contribution in [1.82, 2.24) is 0 Å². The van der Waals surface area contributed by atoms with Crippen molar-refractivity contribution in [1.29, 1.82) is 5.41 Å². The van der Waals surface area contributed by atoms with Crippen LogP contribution >= 0.6 is 12.2 Å². The summed E-state index contributed by atoms with van der Waals surface area (Å²) < 4.78 is 5.37. The van der Waals surface area contributed by atoms with Gasteiger partial charge >= 0.3 is 0 Å². The van der Waals surface area contributed by atoms with Crippen LogP contribution in [0.1, 0.15) is 43.7 Å². The molecule has 0 atom stereocenters. The predicted molar refractivity (Wildman–Crippen MR) is 87.5 cm³/mol. The van der Waals surface area contributed by atoms with Gasteiger partial charge in [0.2, 0.25) is 5.55 Å². The van der Waals surface area contributed by atoms with Crippen molar-refractivity contribution in [3.05, 3.63) is 34.9 Å². The highest BCUT2D eigenvalue weighted by molar-refractivity contribution is 7.80. The summed E-state index contributed by atoms with van der Waals surface area (Å²) in [5, 5.41) is 18.6. The molecule has 1 aromatic carbocycles. The fraction of sp³-hybridized carbons (Fsp3) is 0.375. The second kappa shape index (κ2) is 6.72. The number of phenolic OH excluding ortho intramolecular Hbond substituents is 1. The van der Waals surface area contributed by atoms with Crippen molar-refractivity contribution in [2.24, 2.45) is 5.73 Å². The van der Waals surface area contributed by atoms with E-state index < -0.39 is 0 Å². The van der Waals surface area contributed by atoms with Crippen LogP contribution < -0.4 is 11.3 Å². The number of phenols is 1. The lowest BCUT2D eigenvalue weighted by Gasteiger charge is -2.08. The van der Waals surface area contributed by atoms with E-state index in [9.17, 15) is 5.11 Å². The number of benzene rings is 1. The van der Waals surface area contributed by atoms with Crippen LogP contribution in [-0.4, -0.2) is 10.1 Å². The molecule has 0 bridgehead atoms. The van der Waals surface area contributed by atoms with E-state index in [4.69, 9.17) is 27.8 Å². The number of thiocarbonyl (C=S) groups is 1. The summed E-state index contributed by atoms with van der Waals surface area (Å²) in [6.07, 6.45) is 5.42. The summed E-state index contributed by atoms with van der Waals surface area (Å²) in [5.41, 5.74) is 7.28. The third-order valence-corrected chi connectivity index (χ3v) is 3.75. The molecule has 0 aliphatic heterocycles. The zero-order valence-corrected chi connectivity index (χ0v) is 12.9. The number of unbranched alkanes of at least 4 members (excludes halogenated alkanes) is 3. The molecule has 1 aromatic heterocycles. The molecule has 4 nitrogen and oxygen atoms in total. The predicted octanol–water partition coefficient (Wildman–Crippen LogP) is 3.37. The first-order valence-corrected chi connectivity index (χ1v) is 7.58. The van der Waals surface area contributed by atoms with Crippen molar-refractivity contribution in [3.63, 3.8) is 0 Å². The van der Waals surface area contributed by atoms with Crippen LogP contribution in [0.3, 0.4) is 0 Å².